The lowest BCUT2D eigenvalue weighted by Gasteiger charge is -1.99. The van der Waals surface area contributed by atoms with Crippen LogP contribution in [0.25, 0.3) is 12.2 Å². The maximum atomic E-state index is 10.9. The van der Waals surface area contributed by atoms with Crippen LogP contribution >= 0.6 is 11.6 Å². The van der Waals surface area contributed by atoms with Crippen LogP contribution in [0.3, 0.4) is 0 Å². The molecule has 1 aromatic heterocycles. The fourth-order valence-electron chi connectivity index (χ4n) is 1.49. The van der Waals surface area contributed by atoms with Gasteiger partial charge in [0.05, 0.1) is 21.2 Å². The highest BCUT2D eigenvalue weighted by Crippen LogP contribution is 2.27. The van der Waals surface area contributed by atoms with Crippen molar-refractivity contribution in [2.45, 2.75) is 0 Å². The van der Waals surface area contributed by atoms with Crippen molar-refractivity contribution in [3.63, 3.8) is 0 Å². The first-order chi connectivity index (χ1) is 8.68. The SMILES string of the molecule is O=[N+]([O-])c1cccc(Cl)c1/C=C/c1ccccn1. The predicted octanol–water partition coefficient (Wildman–Crippen LogP) is 3.81. The Balaban J connectivity index is 2.40. The van der Waals surface area contributed by atoms with Gasteiger partial charge in [-0.05, 0) is 30.4 Å². The third-order valence-electron chi connectivity index (χ3n) is 2.34. The molecule has 90 valence electrons. The highest BCUT2D eigenvalue weighted by Gasteiger charge is 2.13. The minimum absolute atomic E-state index is 0.0188. The molecule has 4 nitrogen and oxygen atoms in total. The molecular weight excluding hydrogens is 252 g/mol. The molecule has 1 heterocycles. The summed E-state index contributed by atoms with van der Waals surface area (Å²) >= 11 is 5.96. The molecule has 18 heavy (non-hydrogen) atoms. The molecule has 0 spiro atoms. The van der Waals surface area contributed by atoms with Crippen molar-refractivity contribution in [3.8, 4) is 0 Å². The molecule has 1 aromatic carbocycles. The van der Waals surface area contributed by atoms with Crippen molar-refractivity contribution in [1.82, 2.24) is 4.98 Å². The van der Waals surface area contributed by atoms with Gasteiger partial charge in [-0.1, -0.05) is 23.7 Å². The van der Waals surface area contributed by atoms with Crippen LogP contribution in [0.1, 0.15) is 11.3 Å². The van der Waals surface area contributed by atoms with Gasteiger partial charge in [-0.15, -0.1) is 0 Å². The second-order valence-corrected chi connectivity index (χ2v) is 3.92. The van der Waals surface area contributed by atoms with Gasteiger partial charge in [-0.3, -0.25) is 15.1 Å². The maximum absolute atomic E-state index is 10.9. The molecule has 0 aliphatic rings. The van der Waals surface area contributed by atoms with E-state index in [2.05, 4.69) is 4.98 Å². The van der Waals surface area contributed by atoms with Crippen LogP contribution < -0.4 is 0 Å². The van der Waals surface area contributed by atoms with E-state index in [0.717, 1.165) is 0 Å². The standard InChI is InChI=1S/C13H9ClN2O2/c14-12-5-3-6-13(16(17)18)11(12)8-7-10-4-1-2-9-15-10/h1-9H/b8-7+. The Morgan fingerprint density at radius 3 is 2.67 bits per heavy atom. The number of benzene rings is 1. The zero-order valence-electron chi connectivity index (χ0n) is 9.29. The maximum Gasteiger partial charge on any atom is 0.278 e. The molecule has 0 N–H and O–H groups in total. The molecule has 5 heteroatoms. The summed E-state index contributed by atoms with van der Waals surface area (Å²) < 4.78 is 0. The summed E-state index contributed by atoms with van der Waals surface area (Å²) in [5, 5.41) is 11.2. The molecule has 2 aromatic rings. The van der Waals surface area contributed by atoms with Crippen molar-refractivity contribution < 1.29 is 4.92 Å². The molecule has 0 aliphatic heterocycles. The number of hydrogen-bond donors (Lipinski definition) is 0. The lowest BCUT2D eigenvalue weighted by molar-refractivity contribution is -0.385. The quantitative estimate of drug-likeness (QED) is 0.623. The fourth-order valence-corrected chi connectivity index (χ4v) is 1.73. The molecule has 2 rings (SSSR count). The first-order valence-corrected chi connectivity index (χ1v) is 5.58. The van der Waals surface area contributed by atoms with E-state index < -0.39 is 4.92 Å². The van der Waals surface area contributed by atoms with Gasteiger partial charge in [0, 0.05) is 12.3 Å². The van der Waals surface area contributed by atoms with E-state index in [1.165, 1.54) is 6.07 Å². The van der Waals surface area contributed by atoms with Crippen LogP contribution in [0.2, 0.25) is 5.02 Å². The van der Waals surface area contributed by atoms with E-state index in [1.54, 1.807) is 42.6 Å². The van der Waals surface area contributed by atoms with Gasteiger partial charge in [0.15, 0.2) is 0 Å². The van der Waals surface area contributed by atoms with E-state index in [0.29, 0.717) is 16.3 Å². The molecule has 0 atom stereocenters. The Hall–Kier alpha value is -2.20. The average Bonchev–Trinajstić information content (AvgIpc) is 2.38. The minimum Gasteiger partial charge on any atom is -0.258 e. The highest BCUT2D eigenvalue weighted by molar-refractivity contribution is 6.32. The molecule has 0 saturated carbocycles. The Labute approximate surface area is 109 Å². The summed E-state index contributed by atoms with van der Waals surface area (Å²) in [5.41, 5.74) is 1.08. The van der Waals surface area contributed by atoms with E-state index in [1.807, 2.05) is 6.07 Å². The zero-order chi connectivity index (χ0) is 13.0. The highest BCUT2D eigenvalue weighted by atomic mass is 35.5. The normalized spacial score (nSPS) is 10.7. The number of nitrogens with zero attached hydrogens (tertiary/aromatic N) is 2. The summed E-state index contributed by atoms with van der Waals surface area (Å²) in [6.07, 6.45) is 4.94. The summed E-state index contributed by atoms with van der Waals surface area (Å²) in [6, 6.07) is 10.0. The number of pyridine rings is 1. The molecule has 0 radical (unpaired) electrons. The second kappa shape index (κ2) is 5.42. The van der Waals surface area contributed by atoms with E-state index >= 15 is 0 Å². The van der Waals surface area contributed by atoms with Crippen LogP contribution in [0.15, 0.2) is 42.6 Å². The lowest BCUT2D eigenvalue weighted by Crippen LogP contribution is -1.91. The average molecular weight is 261 g/mol. The third-order valence-corrected chi connectivity index (χ3v) is 2.66. The Morgan fingerprint density at radius 2 is 2.00 bits per heavy atom. The summed E-state index contributed by atoms with van der Waals surface area (Å²) in [5.74, 6) is 0. The van der Waals surface area contributed by atoms with E-state index in [9.17, 15) is 10.1 Å². The fraction of sp³-hybridized carbons (Fsp3) is 0. The molecule has 0 fully saturated rings. The number of nitro groups is 1. The smallest absolute Gasteiger partial charge is 0.258 e. The Bertz CT molecular complexity index is 597. The van der Waals surface area contributed by atoms with Crippen LogP contribution in [0.4, 0.5) is 5.69 Å². The monoisotopic (exact) mass is 260 g/mol. The van der Waals surface area contributed by atoms with Crippen LogP contribution in [-0.2, 0) is 0 Å². The van der Waals surface area contributed by atoms with Crippen LogP contribution in [0, 0.1) is 10.1 Å². The number of hydrogen-bond acceptors (Lipinski definition) is 3. The van der Waals surface area contributed by atoms with Gasteiger partial charge >= 0.3 is 0 Å². The number of halogens is 1. The molecule has 0 aliphatic carbocycles. The van der Waals surface area contributed by atoms with Crippen molar-refractivity contribution in [2.75, 3.05) is 0 Å². The Morgan fingerprint density at radius 1 is 1.17 bits per heavy atom. The van der Waals surface area contributed by atoms with Crippen molar-refractivity contribution in [2.24, 2.45) is 0 Å². The Kier molecular flexibility index (Phi) is 3.69. The van der Waals surface area contributed by atoms with Crippen molar-refractivity contribution in [1.29, 1.82) is 0 Å². The number of aromatic nitrogens is 1. The molecule has 0 saturated heterocycles. The summed E-state index contributed by atoms with van der Waals surface area (Å²) in [4.78, 5) is 14.5. The van der Waals surface area contributed by atoms with E-state index in [-0.39, 0.29) is 5.69 Å². The van der Waals surface area contributed by atoms with Crippen molar-refractivity contribution in [3.05, 3.63) is 69.0 Å². The molecule has 0 unspecified atom stereocenters. The first-order valence-electron chi connectivity index (χ1n) is 5.20. The van der Waals surface area contributed by atoms with E-state index in [4.69, 9.17) is 11.6 Å². The minimum atomic E-state index is -0.454. The second-order valence-electron chi connectivity index (χ2n) is 3.52. The van der Waals surface area contributed by atoms with Gasteiger partial charge < -0.3 is 0 Å². The lowest BCUT2D eigenvalue weighted by atomic mass is 10.1. The van der Waals surface area contributed by atoms with Gasteiger partial charge in [-0.25, -0.2) is 0 Å². The zero-order valence-corrected chi connectivity index (χ0v) is 10.0. The van der Waals surface area contributed by atoms with Gasteiger partial charge in [-0.2, -0.15) is 0 Å². The first kappa shape index (κ1) is 12.3. The number of rotatable bonds is 3. The number of nitro benzene ring substituents is 1. The summed E-state index contributed by atoms with van der Waals surface area (Å²) in [6.45, 7) is 0. The molecule has 0 amide bonds. The summed E-state index contributed by atoms with van der Waals surface area (Å²) in [7, 11) is 0. The largest absolute Gasteiger partial charge is 0.278 e. The van der Waals surface area contributed by atoms with Gasteiger partial charge in [0.1, 0.15) is 0 Å². The molecular formula is C13H9ClN2O2. The van der Waals surface area contributed by atoms with Gasteiger partial charge in [0.2, 0.25) is 0 Å². The molecule has 0 bridgehead atoms. The van der Waals surface area contributed by atoms with Gasteiger partial charge in [0.25, 0.3) is 5.69 Å². The van der Waals surface area contributed by atoms with Crippen LogP contribution in [-0.4, -0.2) is 9.91 Å². The van der Waals surface area contributed by atoms with Crippen molar-refractivity contribution >= 4 is 29.4 Å². The third kappa shape index (κ3) is 2.73. The predicted molar refractivity (Wildman–Crippen MR) is 71.3 cm³/mol. The topological polar surface area (TPSA) is 56.0 Å². The van der Waals surface area contributed by atoms with Crippen LogP contribution in [0.5, 0.6) is 0 Å².